The Morgan fingerprint density at radius 3 is 2.82 bits per heavy atom. The fourth-order valence-electron chi connectivity index (χ4n) is 6.31. The fraction of sp³-hybridized carbons (Fsp3) is 0.519. The van der Waals surface area contributed by atoms with Crippen LogP contribution in [0.4, 0.5) is 0 Å². The summed E-state index contributed by atoms with van der Waals surface area (Å²) in [6.07, 6.45) is 3.28. The molecule has 6 nitrogen and oxygen atoms in total. The van der Waals surface area contributed by atoms with Crippen molar-refractivity contribution in [2.24, 2.45) is 5.92 Å². The second-order valence-electron chi connectivity index (χ2n) is 9.60. The van der Waals surface area contributed by atoms with E-state index in [1.807, 2.05) is 18.2 Å². The van der Waals surface area contributed by atoms with Gasteiger partial charge in [-0.2, -0.15) is 0 Å². The third kappa shape index (κ3) is 4.28. The zero-order valence-corrected chi connectivity index (χ0v) is 20.5. The summed E-state index contributed by atoms with van der Waals surface area (Å²) < 4.78 is 11.6. The first-order valence-electron chi connectivity index (χ1n) is 12.1. The molecule has 0 bridgehead atoms. The smallest absolute Gasteiger partial charge is 0.228 e. The summed E-state index contributed by atoms with van der Waals surface area (Å²) >= 11 is 0. The van der Waals surface area contributed by atoms with Gasteiger partial charge < -0.3 is 37.2 Å². The number of piperidine rings is 1. The minimum Gasteiger partial charge on any atom is -1.00 e. The van der Waals surface area contributed by atoms with Crippen molar-refractivity contribution in [3.05, 3.63) is 59.7 Å². The van der Waals surface area contributed by atoms with Gasteiger partial charge in [-0.1, -0.05) is 42.5 Å². The highest BCUT2D eigenvalue weighted by Crippen LogP contribution is 2.50. The van der Waals surface area contributed by atoms with E-state index in [0.29, 0.717) is 25.5 Å². The lowest BCUT2D eigenvalue weighted by Crippen LogP contribution is -3.00. The first-order chi connectivity index (χ1) is 16.2. The van der Waals surface area contributed by atoms with Gasteiger partial charge in [0.2, 0.25) is 5.91 Å². The van der Waals surface area contributed by atoms with Crippen molar-refractivity contribution < 1.29 is 31.8 Å². The van der Waals surface area contributed by atoms with Crippen LogP contribution in [0.2, 0.25) is 0 Å². The van der Waals surface area contributed by atoms with Crippen molar-refractivity contribution in [2.75, 3.05) is 40.0 Å². The zero-order valence-electron chi connectivity index (χ0n) is 19.7. The van der Waals surface area contributed by atoms with Crippen molar-refractivity contribution in [3.8, 4) is 11.5 Å². The highest BCUT2D eigenvalue weighted by atomic mass is 35.5. The first kappa shape index (κ1) is 24.8. The number of ether oxygens (including phenoxy) is 2. The molecule has 0 aliphatic carbocycles. The molecule has 5 rings (SSSR count). The predicted octanol–water partition coefficient (Wildman–Crippen LogP) is 0.0961. The van der Waals surface area contributed by atoms with Crippen LogP contribution in [-0.4, -0.2) is 61.9 Å². The van der Waals surface area contributed by atoms with Crippen molar-refractivity contribution >= 4 is 5.91 Å². The lowest BCUT2D eigenvalue weighted by atomic mass is 9.68. The van der Waals surface area contributed by atoms with Gasteiger partial charge in [-0.3, -0.25) is 4.79 Å². The Morgan fingerprint density at radius 2 is 2.06 bits per heavy atom. The maximum atomic E-state index is 14.1. The quantitative estimate of drug-likeness (QED) is 0.628. The van der Waals surface area contributed by atoms with Gasteiger partial charge in [-0.15, -0.1) is 0 Å². The molecule has 2 N–H and O–H groups in total. The molecule has 34 heavy (non-hydrogen) atoms. The number of halogens is 1. The molecule has 2 fully saturated rings. The molecule has 7 heteroatoms. The van der Waals surface area contributed by atoms with Gasteiger partial charge in [0, 0.05) is 43.3 Å². The minimum atomic E-state index is -0.292. The number of carbonyl (C=O) groups excluding carboxylic acids is 1. The number of carbonyl (C=O) groups is 1. The molecule has 184 valence electrons. The van der Waals surface area contributed by atoms with E-state index in [4.69, 9.17) is 9.47 Å². The number of fused-ring (bicyclic) bond motifs is 2. The second-order valence-corrected chi connectivity index (χ2v) is 9.60. The molecule has 4 atom stereocenters. The van der Waals surface area contributed by atoms with E-state index in [-0.39, 0.29) is 42.3 Å². The highest BCUT2D eigenvalue weighted by Gasteiger charge is 2.53. The summed E-state index contributed by atoms with van der Waals surface area (Å²) in [5, 5.41) is 13.3. The van der Waals surface area contributed by atoms with Gasteiger partial charge in [0.05, 0.1) is 19.6 Å². The number of para-hydroxylation sites is 1. The number of hydrogen-bond acceptors (Lipinski definition) is 5. The van der Waals surface area contributed by atoms with Crippen molar-refractivity contribution in [3.63, 3.8) is 0 Å². The number of aliphatic hydroxyl groups excluding tert-OH is 1. The van der Waals surface area contributed by atoms with E-state index in [1.54, 1.807) is 7.11 Å². The van der Waals surface area contributed by atoms with Crippen LogP contribution in [0.5, 0.6) is 11.5 Å². The Bertz CT molecular complexity index is 988. The predicted molar refractivity (Wildman–Crippen MR) is 127 cm³/mol. The van der Waals surface area contributed by atoms with Gasteiger partial charge in [0.1, 0.15) is 0 Å². The number of nitrogens with one attached hydrogen (secondary N) is 1. The lowest BCUT2D eigenvalue weighted by molar-refractivity contribution is -0.141. The van der Waals surface area contributed by atoms with E-state index in [0.717, 1.165) is 49.4 Å². The molecule has 0 saturated carbocycles. The lowest BCUT2D eigenvalue weighted by Gasteiger charge is -2.45. The molecule has 3 aliphatic heterocycles. The van der Waals surface area contributed by atoms with Crippen LogP contribution in [0.25, 0.3) is 0 Å². The summed E-state index contributed by atoms with van der Waals surface area (Å²) in [4.78, 5) is 16.2. The largest absolute Gasteiger partial charge is 1.00 e. The van der Waals surface area contributed by atoms with E-state index >= 15 is 0 Å². The molecule has 1 amide bonds. The van der Waals surface area contributed by atoms with Gasteiger partial charge in [0.25, 0.3) is 0 Å². The van der Waals surface area contributed by atoms with Gasteiger partial charge >= 0.3 is 0 Å². The zero-order chi connectivity index (χ0) is 22.8. The molecule has 2 aromatic rings. The minimum absolute atomic E-state index is 0. The number of methoxy groups -OCH3 is 1. The van der Waals surface area contributed by atoms with Crippen LogP contribution in [0, 0.1) is 5.92 Å². The molecule has 0 aromatic heterocycles. The number of benzene rings is 2. The normalized spacial score (nSPS) is 28.1. The third-order valence-electron chi connectivity index (χ3n) is 8.02. The van der Waals surface area contributed by atoms with Crippen LogP contribution >= 0.6 is 0 Å². The van der Waals surface area contributed by atoms with Crippen molar-refractivity contribution in [1.29, 1.82) is 0 Å². The standard InChI is InChI=1S/C27H34N2O4.ClH/c1-32-24-9-5-8-22-25(24)33-15-12-27(22)18-28-17-23(27)26(31)29-13-10-20(16-21(29)11-14-30)19-6-3-2-4-7-19;/h2-9,20-21,23,28,30H,10-18H2,1H3;1H/p-1/t20-,21?,23+,27+;/m1./s1. The Hall–Kier alpha value is -2.28. The first-order valence-corrected chi connectivity index (χ1v) is 12.1. The van der Waals surface area contributed by atoms with E-state index in [1.165, 1.54) is 5.56 Å². The van der Waals surface area contributed by atoms with Crippen molar-refractivity contribution in [2.45, 2.75) is 43.1 Å². The number of hydrogen-bond donors (Lipinski definition) is 2. The molecule has 2 aromatic carbocycles. The van der Waals surface area contributed by atoms with Crippen LogP contribution in [0.15, 0.2) is 48.5 Å². The van der Waals surface area contributed by atoms with Gasteiger partial charge in [-0.25, -0.2) is 0 Å². The Balaban J connectivity index is 0.00000274. The maximum absolute atomic E-state index is 14.1. The van der Waals surface area contributed by atoms with Crippen LogP contribution in [-0.2, 0) is 10.2 Å². The molecule has 0 radical (unpaired) electrons. The van der Waals surface area contributed by atoms with Gasteiger partial charge in [-0.05, 0) is 43.2 Å². The Morgan fingerprint density at radius 1 is 1.24 bits per heavy atom. The number of nitrogens with zero attached hydrogens (tertiary/aromatic N) is 1. The van der Waals surface area contributed by atoms with Crippen LogP contribution in [0.3, 0.4) is 0 Å². The van der Waals surface area contributed by atoms with E-state index in [9.17, 15) is 9.90 Å². The van der Waals surface area contributed by atoms with Crippen molar-refractivity contribution in [1.82, 2.24) is 10.2 Å². The number of rotatable bonds is 5. The topological polar surface area (TPSA) is 71.0 Å². The van der Waals surface area contributed by atoms with Crippen LogP contribution < -0.4 is 27.2 Å². The Kier molecular flexibility index (Phi) is 7.70. The number of amides is 1. The Labute approximate surface area is 208 Å². The third-order valence-corrected chi connectivity index (χ3v) is 8.02. The average molecular weight is 486 g/mol. The van der Waals surface area contributed by atoms with Gasteiger partial charge in [0.15, 0.2) is 11.5 Å². The molecule has 3 aliphatic rings. The van der Waals surface area contributed by atoms with E-state index in [2.05, 4.69) is 40.5 Å². The number of likely N-dealkylation sites (tertiary alicyclic amines) is 1. The summed E-state index contributed by atoms with van der Waals surface area (Å²) in [6.45, 7) is 2.84. The summed E-state index contributed by atoms with van der Waals surface area (Å²) in [5.41, 5.74) is 2.12. The molecular weight excluding hydrogens is 452 g/mol. The summed E-state index contributed by atoms with van der Waals surface area (Å²) in [5.74, 6) is 1.99. The van der Waals surface area contributed by atoms with E-state index < -0.39 is 0 Å². The average Bonchev–Trinajstić information content (AvgIpc) is 3.28. The molecule has 2 saturated heterocycles. The maximum Gasteiger partial charge on any atom is 0.228 e. The molecule has 3 heterocycles. The molecule has 1 unspecified atom stereocenters. The highest BCUT2D eigenvalue weighted by molar-refractivity contribution is 5.82. The molecule has 1 spiro atoms. The number of aliphatic hydroxyl groups is 1. The monoisotopic (exact) mass is 485 g/mol. The fourth-order valence-corrected chi connectivity index (χ4v) is 6.31. The summed E-state index contributed by atoms with van der Waals surface area (Å²) in [6, 6.07) is 16.6. The second kappa shape index (κ2) is 10.5. The SMILES string of the molecule is COc1cccc2c1OCC[C@]21CNC[C@H]1C(=O)N1CC[C@@H](c2ccccc2)CC1CCO.[Cl-]. The molecular formula is C27H34ClN2O4-. The summed E-state index contributed by atoms with van der Waals surface area (Å²) in [7, 11) is 1.66. The van der Waals surface area contributed by atoms with Crippen LogP contribution in [0.1, 0.15) is 42.7 Å².